The lowest BCUT2D eigenvalue weighted by Gasteiger charge is -2.39. The molecular formula is C11H22N2O3. The van der Waals surface area contributed by atoms with Crippen LogP contribution >= 0.6 is 0 Å². The highest BCUT2D eigenvalue weighted by atomic mass is 16.6. The van der Waals surface area contributed by atoms with Crippen LogP contribution in [0.15, 0.2) is 0 Å². The van der Waals surface area contributed by atoms with Crippen LogP contribution in [0.25, 0.3) is 0 Å². The van der Waals surface area contributed by atoms with E-state index in [-0.39, 0.29) is 24.8 Å². The Hall–Kier alpha value is -0.810. The minimum absolute atomic E-state index is 0.0427. The van der Waals surface area contributed by atoms with Gasteiger partial charge in [0.25, 0.3) is 0 Å². The zero-order valence-corrected chi connectivity index (χ0v) is 10.5. The SMILES string of the molecule is C[C@@H]1CN(C(=O)OC(C)(C)C)[C@H](CO)CN1. The number of hydrogen-bond donors (Lipinski definition) is 2. The van der Waals surface area contributed by atoms with E-state index in [1.54, 1.807) is 4.90 Å². The predicted molar refractivity (Wildman–Crippen MR) is 61.3 cm³/mol. The Morgan fingerprint density at radius 3 is 2.69 bits per heavy atom. The van der Waals surface area contributed by atoms with Gasteiger partial charge in [0.2, 0.25) is 0 Å². The van der Waals surface area contributed by atoms with Crippen molar-refractivity contribution in [1.82, 2.24) is 10.2 Å². The first-order chi connectivity index (χ1) is 7.33. The van der Waals surface area contributed by atoms with Crippen LogP contribution in [0, 0.1) is 0 Å². The minimum atomic E-state index is -0.495. The van der Waals surface area contributed by atoms with Crippen LogP contribution in [0.5, 0.6) is 0 Å². The average Bonchev–Trinajstić information content (AvgIpc) is 2.15. The number of ether oxygens (including phenoxy) is 1. The van der Waals surface area contributed by atoms with Crippen LogP contribution in [0.2, 0.25) is 0 Å². The van der Waals surface area contributed by atoms with Gasteiger partial charge in [-0.05, 0) is 27.7 Å². The maximum absolute atomic E-state index is 11.9. The van der Waals surface area contributed by atoms with Gasteiger partial charge < -0.3 is 20.1 Å². The summed E-state index contributed by atoms with van der Waals surface area (Å²) in [5.74, 6) is 0. The Morgan fingerprint density at radius 2 is 2.19 bits per heavy atom. The van der Waals surface area contributed by atoms with Crippen molar-refractivity contribution in [2.24, 2.45) is 0 Å². The first-order valence-electron chi connectivity index (χ1n) is 5.67. The summed E-state index contributed by atoms with van der Waals surface area (Å²) in [5.41, 5.74) is -0.495. The van der Waals surface area contributed by atoms with E-state index in [0.717, 1.165) is 0 Å². The van der Waals surface area contributed by atoms with Crippen LogP contribution in [0.4, 0.5) is 4.79 Å². The number of aliphatic hydroxyl groups is 1. The lowest BCUT2D eigenvalue weighted by atomic mass is 10.1. The van der Waals surface area contributed by atoms with E-state index in [9.17, 15) is 9.90 Å². The van der Waals surface area contributed by atoms with Crippen LogP contribution in [0.1, 0.15) is 27.7 Å². The quantitative estimate of drug-likeness (QED) is 0.691. The second-order valence-electron chi connectivity index (χ2n) is 5.28. The fraction of sp³-hybridized carbons (Fsp3) is 0.909. The molecule has 0 saturated carbocycles. The van der Waals surface area contributed by atoms with Crippen molar-refractivity contribution in [3.63, 3.8) is 0 Å². The van der Waals surface area contributed by atoms with Crippen molar-refractivity contribution in [1.29, 1.82) is 0 Å². The molecule has 0 bridgehead atoms. The van der Waals surface area contributed by atoms with Gasteiger partial charge in [-0.3, -0.25) is 0 Å². The third-order valence-electron chi connectivity index (χ3n) is 2.45. The Balaban J connectivity index is 2.63. The highest BCUT2D eigenvalue weighted by Crippen LogP contribution is 2.14. The molecule has 1 saturated heterocycles. The number of carbonyl (C=O) groups is 1. The van der Waals surface area contributed by atoms with Gasteiger partial charge in [-0.2, -0.15) is 0 Å². The van der Waals surface area contributed by atoms with Crippen molar-refractivity contribution in [2.45, 2.75) is 45.4 Å². The molecule has 1 fully saturated rings. The summed E-state index contributed by atoms with van der Waals surface area (Å²) in [5, 5.41) is 12.4. The molecule has 1 rings (SSSR count). The van der Waals surface area contributed by atoms with E-state index in [2.05, 4.69) is 5.32 Å². The molecule has 0 spiro atoms. The third kappa shape index (κ3) is 3.64. The van der Waals surface area contributed by atoms with Crippen LogP contribution in [-0.2, 0) is 4.74 Å². The van der Waals surface area contributed by atoms with Crippen LogP contribution in [0.3, 0.4) is 0 Å². The van der Waals surface area contributed by atoms with Gasteiger partial charge >= 0.3 is 6.09 Å². The van der Waals surface area contributed by atoms with E-state index in [0.29, 0.717) is 13.1 Å². The standard InChI is InChI=1S/C11H22N2O3/c1-8-6-13(9(7-14)5-12-8)10(15)16-11(2,3)4/h8-9,12,14H,5-7H2,1-4H3/t8-,9+/m1/s1. The van der Waals surface area contributed by atoms with Crippen molar-refractivity contribution in [3.05, 3.63) is 0 Å². The Morgan fingerprint density at radius 1 is 1.56 bits per heavy atom. The predicted octanol–water partition coefficient (Wildman–Crippen LogP) is 0.576. The maximum atomic E-state index is 11.9. The molecule has 0 aromatic rings. The molecule has 1 aliphatic heterocycles. The molecule has 5 nitrogen and oxygen atoms in total. The monoisotopic (exact) mass is 230 g/mol. The summed E-state index contributed by atoms with van der Waals surface area (Å²) in [4.78, 5) is 13.5. The number of nitrogens with zero attached hydrogens (tertiary/aromatic N) is 1. The number of carbonyl (C=O) groups excluding carboxylic acids is 1. The van der Waals surface area contributed by atoms with E-state index < -0.39 is 5.60 Å². The third-order valence-corrected chi connectivity index (χ3v) is 2.45. The molecule has 1 aliphatic rings. The van der Waals surface area contributed by atoms with E-state index in [4.69, 9.17) is 4.74 Å². The lowest BCUT2D eigenvalue weighted by molar-refractivity contribution is 0.000250. The Bertz CT molecular complexity index is 250. The minimum Gasteiger partial charge on any atom is -0.444 e. The molecule has 2 N–H and O–H groups in total. The van der Waals surface area contributed by atoms with Crippen LogP contribution in [-0.4, -0.2) is 53.5 Å². The fourth-order valence-corrected chi connectivity index (χ4v) is 1.66. The van der Waals surface area contributed by atoms with Gasteiger partial charge in [0.05, 0.1) is 12.6 Å². The smallest absolute Gasteiger partial charge is 0.410 e. The van der Waals surface area contributed by atoms with Crippen molar-refractivity contribution in [3.8, 4) is 0 Å². The molecule has 2 atom stereocenters. The second-order valence-corrected chi connectivity index (χ2v) is 5.28. The maximum Gasteiger partial charge on any atom is 0.410 e. The molecule has 1 amide bonds. The summed E-state index contributed by atoms with van der Waals surface area (Å²) >= 11 is 0. The first kappa shape index (κ1) is 13.3. The largest absolute Gasteiger partial charge is 0.444 e. The normalized spacial score (nSPS) is 26.7. The van der Waals surface area contributed by atoms with Crippen molar-refractivity contribution >= 4 is 6.09 Å². The van der Waals surface area contributed by atoms with Gasteiger partial charge in [-0.25, -0.2) is 4.79 Å². The molecule has 0 unspecified atom stereocenters. The molecular weight excluding hydrogens is 208 g/mol. The fourth-order valence-electron chi connectivity index (χ4n) is 1.66. The van der Waals surface area contributed by atoms with Gasteiger partial charge in [0.15, 0.2) is 0 Å². The Kier molecular flexibility index (Phi) is 4.15. The van der Waals surface area contributed by atoms with Gasteiger partial charge in [-0.15, -0.1) is 0 Å². The molecule has 1 heterocycles. The highest BCUT2D eigenvalue weighted by Gasteiger charge is 2.32. The molecule has 0 aromatic heterocycles. The van der Waals surface area contributed by atoms with E-state index in [1.807, 2.05) is 27.7 Å². The summed E-state index contributed by atoms with van der Waals surface area (Å²) < 4.78 is 5.31. The van der Waals surface area contributed by atoms with Gasteiger partial charge in [-0.1, -0.05) is 0 Å². The first-order valence-corrected chi connectivity index (χ1v) is 5.67. The number of amides is 1. The summed E-state index contributed by atoms with van der Waals surface area (Å²) in [6.07, 6.45) is -0.347. The van der Waals surface area contributed by atoms with Crippen LogP contribution < -0.4 is 5.32 Å². The number of piperazine rings is 1. The van der Waals surface area contributed by atoms with Crippen molar-refractivity contribution < 1.29 is 14.6 Å². The topological polar surface area (TPSA) is 61.8 Å². The number of hydrogen-bond acceptors (Lipinski definition) is 4. The van der Waals surface area contributed by atoms with Crippen molar-refractivity contribution in [2.75, 3.05) is 19.7 Å². The molecule has 16 heavy (non-hydrogen) atoms. The van der Waals surface area contributed by atoms with E-state index in [1.165, 1.54) is 0 Å². The molecule has 0 radical (unpaired) electrons. The number of nitrogens with one attached hydrogen (secondary N) is 1. The van der Waals surface area contributed by atoms with Gasteiger partial charge in [0.1, 0.15) is 5.60 Å². The molecule has 5 heteroatoms. The zero-order chi connectivity index (χ0) is 12.3. The summed E-state index contributed by atoms with van der Waals surface area (Å²) in [6, 6.07) is 0.0429. The number of rotatable bonds is 1. The Labute approximate surface area is 96.8 Å². The van der Waals surface area contributed by atoms with E-state index >= 15 is 0 Å². The number of aliphatic hydroxyl groups excluding tert-OH is 1. The summed E-state index contributed by atoms with van der Waals surface area (Å²) in [7, 11) is 0. The summed E-state index contributed by atoms with van der Waals surface area (Å²) in [6.45, 7) is 8.65. The average molecular weight is 230 g/mol. The molecule has 0 aromatic carbocycles. The highest BCUT2D eigenvalue weighted by molar-refractivity contribution is 5.68. The zero-order valence-electron chi connectivity index (χ0n) is 10.5. The second kappa shape index (κ2) is 5.01. The lowest BCUT2D eigenvalue weighted by Crippen LogP contribution is -2.59. The van der Waals surface area contributed by atoms with Gasteiger partial charge in [0, 0.05) is 19.1 Å². The molecule has 0 aliphatic carbocycles. The molecule has 94 valence electrons.